The Labute approximate surface area is 157 Å². The molecule has 0 unspecified atom stereocenters. The van der Waals surface area contributed by atoms with E-state index in [4.69, 9.17) is 11.6 Å². The molecule has 0 fully saturated rings. The molecular weight excluding hydrogens is 411 g/mol. The second-order valence-corrected chi connectivity index (χ2v) is 7.27. The molecule has 0 aliphatic rings. The monoisotopic (exact) mass is 422 g/mol. The summed E-state index contributed by atoms with van der Waals surface area (Å²) >= 11 is 11.2. The summed E-state index contributed by atoms with van der Waals surface area (Å²) in [6.45, 7) is 0.249. The molecule has 0 atom stereocenters. The maximum atomic E-state index is 14.1. The summed E-state index contributed by atoms with van der Waals surface area (Å²) in [5, 5.41) is 8.64. The number of nitrogens with zero attached hydrogens (tertiary/aromatic N) is 2. The van der Waals surface area contributed by atoms with Gasteiger partial charge in [0.15, 0.2) is 0 Å². The number of benzene rings is 2. The van der Waals surface area contributed by atoms with Crippen molar-refractivity contribution in [3.05, 3.63) is 85.7 Å². The summed E-state index contributed by atoms with van der Waals surface area (Å²) in [7, 11) is 0. The van der Waals surface area contributed by atoms with Gasteiger partial charge in [0.05, 0.1) is 18.4 Å². The van der Waals surface area contributed by atoms with Gasteiger partial charge in [0.1, 0.15) is 5.82 Å². The van der Waals surface area contributed by atoms with Crippen LogP contribution in [0.4, 0.5) is 10.1 Å². The minimum absolute atomic E-state index is 0.249. The summed E-state index contributed by atoms with van der Waals surface area (Å²) < 4.78 is 15.1. The van der Waals surface area contributed by atoms with Crippen molar-refractivity contribution in [3.8, 4) is 0 Å². The number of para-hydroxylation sites is 1. The third-order valence-electron chi connectivity index (χ3n) is 3.34. The second-order valence-electron chi connectivity index (χ2n) is 5.01. The molecule has 0 spiro atoms. The summed E-state index contributed by atoms with van der Waals surface area (Å²) in [6.07, 6.45) is 1.76. The van der Waals surface area contributed by atoms with Crippen molar-refractivity contribution in [2.75, 3.05) is 5.01 Å². The summed E-state index contributed by atoms with van der Waals surface area (Å²) in [5.41, 5.74) is 1.29. The van der Waals surface area contributed by atoms with E-state index >= 15 is 0 Å². The number of hydrazone groups is 1. The van der Waals surface area contributed by atoms with Crippen molar-refractivity contribution < 1.29 is 4.39 Å². The largest absolute Gasteiger partial charge is 0.261 e. The average molecular weight is 424 g/mol. The predicted molar refractivity (Wildman–Crippen MR) is 104 cm³/mol. The van der Waals surface area contributed by atoms with Crippen molar-refractivity contribution in [1.82, 2.24) is 0 Å². The third kappa shape index (κ3) is 4.23. The van der Waals surface area contributed by atoms with Crippen LogP contribution >= 0.6 is 38.9 Å². The highest BCUT2D eigenvalue weighted by Crippen LogP contribution is 2.25. The Morgan fingerprint density at radius 2 is 1.96 bits per heavy atom. The van der Waals surface area contributed by atoms with Crippen LogP contribution in [0.2, 0.25) is 5.02 Å². The number of anilines is 1. The molecule has 0 aliphatic carbocycles. The Morgan fingerprint density at radius 3 is 2.62 bits per heavy atom. The van der Waals surface area contributed by atoms with Gasteiger partial charge in [0.25, 0.3) is 0 Å². The molecule has 0 amide bonds. The first kappa shape index (κ1) is 17.1. The van der Waals surface area contributed by atoms with Crippen LogP contribution in [-0.2, 0) is 6.54 Å². The van der Waals surface area contributed by atoms with Gasteiger partial charge in [-0.1, -0.05) is 35.9 Å². The Kier molecular flexibility index (Phi) is 5.66. The fourth-order valence-corrected chi connectivity index (χ4v) is 3.68. The zero-order chi connectivity index (χ0) is 16.9. The normalized spacial score (nSPS) is 11.1. The first-order valence-electron chi connectivity index (χ1n) is 7.17. The molecule has 0 saturated heterocycles. The van der Waals surface area contributed by atoms with Gasteiger partial charge in [0.2, 0.25) is 0 Å². The Balaban J connectivity index is 1.92. The maximum Gasteiger partial charge on any atom is 0.129 e. The van der Waals surface area contributed by atoms with Gasteiger partial charge in [-0.3, -0.25) is 5.01 Å². The van der Waals surface area contributed by atoms with E-state index < -0.39 is 0 Å². The van der Waals surface area contributed by atoms with E-state index in [0.717, 1.165) is 15.0 Å². The quantitative estimate of drug-likeness (QED) is 0.345. The Hall–Kier alpha value is -1.69. The molecule has 2 nitrogen and oxygen atoms in total. The topological polar surface area (TPSA) is 15.6 Å². The van der Waals surface area contributed by atoms with Crippen LogP contribution in [0, 0.1) is 5.82 Å². The molecule has 0 N–H and O–H groups in total. The highest BCUT2D eigenvalue weighted by Gasteiger charge is 2.12. The lowest BCUT2D eigenvalue weighted by Gasteiger charge is -2.20. The third-order valence-corrected chi connectivity index (χ3v) is 5.32. The number of hydrogen-bond acceptors (Lipinski definition) is 3. The number of thiophene rings is 1. The lowest BCUT2D eigenvalue weighted by Crippen LogP contribution is -2.17. The summed E-state index contributed by atoms with van der Waals surface area (Å²) in [5.74, 6) is -0.336. The second kappa shape index (κ2) is 7.92. The zero-order valence-electron chi connectivity index (χ0n) is 12.5. The van der Waals surface area contributed by atoms with Gasteiger partial charge in [-0.15, -0.1) is 11.3 Å². The van der Waals surface area contributed by atoms with Gasteiger partial charge in [0, 0.05) is 25.3 Å². The van der Waals surface area contributed by atoms with E-state index in [1.54, 1.807) is 34.7 Å². The molecule has 0 bridgehead atoms. The Morgan fingerprint density at radius 1 is 1.17 bits per heavy atom. The first-order valence-corrected chi connectivity index (χ1v) is 9.22. The lowest BCUT2D eigenvalue weighted by atomic mass is 10.2. The van der Waals surface area contributed by atoms with Crippen LogP contribution in [0.25, 0.3) is 0 Å². The highest BCUT2D eigenvalue weighted by molar-refractivity contribution is 9.10. The van der Waals surface area contributed by atoms with Crippen LogP contribution in [0.5, 0.6) is 0 Å². The number of rotatable bonds is 5. The fourth-order valence-electron chi connectivity index (χ4n) is 2.15. The van der Waals surface area contributed by atoms with E-state index in [1.807, 2.05) is 41.8 Å². The van der Waals surface area contributed by atoms with Crippen LogP contribution in [-0.4, -0.2) is 6.21 Å². The molecular formula is C18H13BrClFN2S. The number of halogens is 3. The van der Waals surface area contributed by atoms with Gasteiger partial charge in [-0.2, -0.15) is 5.10 Å². The van der Waals surface area contributed by atoms with E-state index in [1.165, 1.54) is 6.07 Å². The van der Waals surface area contributed by atoms with Crippen molar-refractivity contribution in [2.45, 2.75) is 6.54 Å². The zero-order valence-corrected chi connectivity index (χ0v) is 15.7. The van der Waals surface area contributed by atoms with Gasteiger partial charge in [-0.05, 0) is 46.3 Å². The minimum Gasteiger partial charge on any atom is -0.261 e. The molecule has 0 aliphatic heterocycles. The molecule has 1 heterocycles. The Bertz CT molecular complexity index is 831. The highest BCUT2D eigenvalue weighted by atomic mass is 79.9. The van der Waals surface area contributed by atoms with Crippen LogP contribution < -0.4 is 5.01 Å². The predicted octanol–water partition coefficient (Wildman–Crippen LogP) is 6.34. The van der Waals surface area contributed by atoms with E-state index in [-0.39, 0.29) is 12.4 Å². The van der Waals surface area contributed by atoms with Crippen molar-refractivity contribution in [3.63, 3.8) is 0 Å². The minimum atomic E-state index is -0.336. The van der Waals surface area contributed by atoms with Crippen molar-refractivity contribution in [2.24, 2.45) is 5.10 Å². The lowest BCUT2D eigenvalue weighted by molar-refractivity contribution is 0.606. The van der Waals surface area contributed by atoms with Crippen LogP contribution in [0.3, 0.4) is 0 Å². The van der Waals surface area contributed by atoms with Crippen LogP contribution in [0.15, 0.2) is 69.6 Å². The van der Waals surface area contributed by atoms with Gasteiger partial charge < -0.3 is 0 Å². The smallest absolute Gasteiger partial charge is 0.129 e. The number of hydrogen-bond donors (Lipinski definition) is 0. The molecule has 0 saturated carbocycles. The summed E-state index contributed by atoms with van der Waals surface area (Å²) in [4.78, 5) is 1.00. The fraction of sp³-hybridized carbons (Fsp3) is 0.0556. The molecule has 2 aromatic carbocycles. The standard InChI is InChI=1S/C18H13BrClFN2S/c19-13-9-15(24-12-13)10-22-23(14-5-2-1-3-6-14)11-16-17(20)7-4-8-18(16)21/h1-10,12H,11H2. The van der Waals surface area contributed by atoms with Gasteiger partial charge in [-0.25, -0.2) is 4.39 Å². The summed E-state index contributed by atoms with van der Waals surface area (Å²) in [6, 6.07) is 16.3. The first-order chi connectivity index (χ1) is 11.6. The molecule has 24 heavy (non-hydrogen) atoms. The van der Waals surface area contributed by atoms with Gasteiger partial charge >= 0.3 is 0 Å². The van der Waals surface area contributed by atoms with Crippen molar-refractivity contribution in [1.29, 1.82) is 0 Å². The van der Waals surface area contributed by atoms with Crippen LogP contribution in [0.1, 0.15) is 10.4 Å². The SMILES string of the molecule is Fc1cccc(Cl)c1CN(N=Cc1cc(Br)cs1)c1ccccc1. The molecule has 3 aromatic rings. The van der Waals surface area contributed by atoms with E-state index in [2.05, 4.69) is 21.0 Å². The molecule has 1 aromatic heterocycles. The molecule has 3 rings (SSSR count). The molecule has 0 radical (unpaired) electrons. The molecule has 6 heteroatoms. The maximum absolute atomic E-state index is 14.1. The van der Waals surface area contributed by atoms with E-state index in [0.29, 0.717) is 10.6 Å². The van der Waals surface area contributed by atoms with E-state index in [9.17, 15) is 4.39 Å². The average Bonchev–Trinajstić information content (AvgIpc) is 3.00. The van der Waals surface area contributed by atoms with Crippen molar-refractivity contribution >= 4 is 50.8 Å². The molecule has 122 valence electrons.